The van der Waals surface area contributed by atoms with Gasteiger partial charge in [-0.15, -0.1) is 6.58 Å². The number of halogens is 4. The van der Waals surface area contributed by atoms with Crippen LogP contribution in [0.5, 0.6) is 5.75 Å². The third-order valence-corrected chi connectivity index (χ3v) is 7.47. The second-order valence-electron chi connectivity index (χ2n) is 11.1. The van der Waals surface area contributed by atoms with E-state index in [0.29, 0.717) is 9.13 Å². The summed E-state index contributed by atoms with van der Waals surface area (Å²) in [6, 6.07) is 7.49. The Morgan fingerprint density at radius 1 is 1.00 bits per heavy atom. The van der Waals surface area contributed by atoms with E-state index >= 15 is 4.39 Å². The van der Waals surface area contributed by atoms with E-state index in [1.807, 2.05) is 0 Å². The molecule has 1 aliphatic rings. The predicted molar refractivity (Wildman–Crippen MR) is 151 cm³/mol. The van der Waals surface area contributed by atoms with Gasteiger partial charge in [-0.3, -0.25) is 0 Å². The molecule has 1 fully saturated rings. The number of hydrogen-bond donors (Lipinski definition) is 1. The predicted octanol–water partition coefficient (Wildman–Crippen LogP) is 4.42. The molecule has 0 amide bonds. The minimum Gasteiger partial charge on any atom is -0.494 e. The fraction of sp³-hybridized carbons (Fsp3) is 0.433. The number of nitrogens with zero attached hydrogens (tertiary/aromatic N) is 3. The Kier molecular flexibility index (Phi) is 8.95. The molecule has 42 heavy (non-hydrogen) atoms. The Bertz CT molecular complexity index is 1650. The van der Waals surface area contributed by atoms with Crippen LogP contribution in [-0.2, 0) is 25.7 Å². The van der Waals surface area contributed by atoms with E-state index in [1.165, 1.54) is 37.5 Å². The van der Waals surface area contributed by atoms with Crippen LogP contribution in [0.25, 0.3) is 5.69 Å². The zero-order valence-electron chi connectivity index (χ0n) is 23.8. The van der Waals surface area contributed by atoms with E-state index in [0.717, 1.165) is 42.4 Å². The first kappa shape index (κ1) is 31.0. The van der Waals surface area contributed by atoms with Crippen LogP contribution in [0.15, 0.2) is 63.4 Å². The smallest absolute Gasteiger partial charge is 0.416 e. The van der Waals surface area contributed by atoms with Gasteiger partial charge in [0.15, 0.2) is 11.6 Å². The van der Waals surface area contributed by atoms with E-state index in [9.17, 15) is 27.6 Å². The Morgan fingerprint density at radius 2 is 1.64 bits per heavy atom. The highest BCUT2D eigenvalue weighted by Crippen LogP contribution is 2.34. The molecule has 4 rings (SSSR count). The van der Waals surface area contributed by atoms with Crippen molar-refractivity contribution in [2.24, 2.45) is 0 Å². The molecule has 3 aromatic rings. The lowest BCUT2D eigenvalue weighted by Gasteiger charge is -2.31. The normalized spacial score (nSPS) is 14.4. The molecule has 1 N–H and O–H groups in total. The first-order valence-corrected chi connectivity index (χ1v) is 13.6. The van der Waals surface area contributed by atoms with E-state index < -0.39 is 52.4 Å². The molecule has 226 valence electrons. The molecular weight excluding hydrogens is 556 g/mol. The first-order chi connectivity index (χ1) is 19.8. The van der Waals surface area contributed by atoms with Gasteiger partial charge >= 0.3 is 23.2 Å². The van der Waals surface area contributed by atoms with Crippen molar-refractivity contribution in [2.45, 2.75) is 76.8 Å². The van der Waals surface area contributed by atoms with E-state index in [4.69, 9.17) is 4.74 Å². The molecule has 12 heteroatoms. The number of hydrogen-bond acceptors (Lipinski definition) is 5. The van der Waals surface area contributed by atoms with Gasteiger partial charge in [-0.1, -0.05) is 37.1 Å². The van der Waals surface area contributed by atoms with Crippen LogP contribution in [0.1, 0.15) is 56.2 Å². The average Bonchev–Trinajstić information content (AvgIpc) is 3.42. The van der Waals surface area contributed by atoms with Crippen molar-refractivity contribution in [1.82, 2.24) is 19.0 Å². The minimum atomic E-state index is -4.80. The van der Waals surface area contributed by atoms with Crippen molar-refractivity contribution in [2.75, 3.05) is 7.11 Å². The second kappa shape index (κ2) is 12.1. The van der Waals surface area contributed by atoms with E-state index in [-0.39, 0.29) is 35.9 Å². The lowest BCUT2D eigenvalue weighted by molar-refractivity contribution is -0.138. The van der Waals surface area contributed by atoms with Crippen molar-refractivity contribution in [1.29, 1.82) is 0 Å². The quantitative estimate of drug-likeness (QED) is 0.279. The Balaban J connectivity index is 1.99. The Morgan fingerprint density at radius 3 is 2.26 bits per heavy atom. The average molecular weight is 591 g/mol. The molecule has 0 bridgehead atoms. The SMILES string of the molecule is C=CCc1cccc(C(F)(F)F)c1Cn1c(=O)n(CC(C)(C)NC2CCCC2)c(=O)n(-c2cccc(OC)c2F)c1=O. The molecule has 1 aromatic heterocycles. The van der Waals surface area contributed by atoms with Crippen LogP contribution < -0.4 is 27.1 Å². The first-order valence-electron chi connectivity index (χ1n) is 13.6. The van der Waals surface area contributed by atoms with Crippen LogP contribution in [0.2, 0.25) is 0 Å². The van der Waals surface area contributed by atoms with Crippen LogP contribution in [0.4, 0.5) is 17.6 Å². The maximum atomic E-state index is 15.4. The van der Waals surface area contributed by atoms with Crippen molar-refractivity contribution in [3.63, 3.8) is 0 Å². The number of methoxy groups -OCH3 is 1. The van der Waals surface area contributed by atoms with Gasteiger partial charge < -0.3 is 10.1 Å². The number of benzene rings is 2. The van der Waals surface area contributed by atoms with Crippen molar-refractivity contribution in [3.8, 4) is 11.4 Å². The van der Waals surface area contributed by atoms with Crippen molar-refractivity contribution >= 4 is 0 Å². The summed E-state index contributed by atoms with van der Waals surface area (Å²) >= 11 is 0. The van der Waals surface area contributed by atoms with Crippen LogP contribution in [-0.4, -0.2) is 32.4 Å². The van der Waals surface area contributed by atoms with Crippen LogP contribution in [0, 0.1) is 5.82 Å². The monoisotopic (exact) mass is 590 g/mol. The number of alkyl halides is 3. The molecular formula is C30H34F4N4O4. The summed E-state index contributed by atoms with van der Waals surface area (Å²) < 4.78 is 64.5. The van der Waals surface area contributed by atoms with E-state index in [2.05, 4.69) is 11.9 Å². The lowest BCUT2D eigenvalue weighted by Crippen LogP contribution is -2.58. The molecule has 8 nitrogen and oxygen atoms in total. The van der Waals surface area contributed by atoms with Gasteiger partial charge in [-0.05, 0) is 62.4 Å². The maximum absolute atomic E-state index is 15.4. The highest BCUT2D eigenvalue weighted by Gasteiger charge is 2.35. The third kappa shape index (κ3) is 6.28. The molecule has 0 unspecified atom stereocenters. The van der Waals surface area contributed by atoms with Gasteiger partial charge in [0, 0.05) is 18.1 Å². The summed E-state index contributed by atoms with van der Waals surface area (Å²) in [5, 5.41) is 3.44. The highest BCUT2D eigenvalue weighted by atomic mass is 19.4. The zero-order chi connectivity index (χ0) is 30.8. The molecule has 0 radical (unpaired) electrons. The molecule has 1 aliphatic carbocycles. The van der Waals surface area contributed by atoms with Gasteiger partial charge in [0.2, 0.25) is 0 Å². The fourth-order valence-electron chi connectivity index (χ4n) is 5.59. The summed E-state index contributed by atoms with van der Waals surface area (Å²) in [7, 11) is 1.20. The van der Waals surface area contributed by atoms with Crippen LogP contribution >= 0.6 is 0 Å². The van der Waals surface area contributed by atoms with Gasteiger partial charge in [0.25, 0.3) is 0 Å². The Hall–Kier alpha value is -3.93. The third-order valence-electron chi connectivity index (χ3n) is 7.47. The number of nitrogens with one attached hydrogen (secondary N) is 1. The summed E-state index contributed by atoms with van der Waals surface area (Å²) in [5.74, 6) is -1.30. The molecule has 1 heterocycles. The fourth-order valence-corrected chi connectivity index (χ4v) is 5.59. The molecule has 1 saturated carbocycles. The minimum absolute atomic E-state index is 0.0324. The zero-order valence-corrected chi connectivity index (χ0v) is 23.8. The topological polar surface area (TPSA) is 87.3 Å². The van der Waals surface area contributed by atoms with Crippen molar-refractivity contribution in [3.05, 3.63) is 103 Å². The number of allylic oxidation sites excluding steroid dienone is 1. The Labute approximate surface area is 239 Å². The van der Waals surface area contributed by atoms with Crippen LogP contribution in [0.3, 0.4) is 0 Å². The van der Waals surface area contributed by atoms with Gasteiger partial charge in [0.1, 0.15) is 0 Å². The van der Waals surface area contributed by atoms with Gasteiger partial charge in [-0.2, -0.15) is 13.2 Å². The number of aromatic nitrogens is 3. The van der Waals surface area contributed by atoms with Crippen molar-refractivity contribution < 1.29 is 22.3 Å². The summed E-state index contributed by atoms with van der Waals surface area (Å²) in [5.41, 5.74) is -5.99. The summed E-state index contributed by atoms with van der Waals surface area (Å²) in [6.07, 6.45) is 0.539. The van der Waals surface area contributed by atoms with E-state index in [1.54, 1.807) is 13.8 Å². The standard InChI is InChI=1S/C30H34F4N4O4/c1-5-10-19-11-8-14-22(30(32,33)34)21(19)17-36-26(39)37(18-29(2,3)35-20-12-6-7-13-20)28(41)38(27(36)40)23-15-9-16-24(42-4)25(23)31/h5,8-9,11,14-16,20,35H,1,6-7,10,12-13,17-18H2,2-4H3. The van der Waals surface area contributed by atoms with Gasteiger partial charge in [-0.25, -0.2) is 32.5 Å². The molecule has 0 saturated heterocycles. The largest absolute Gasteiger partial charge is 0.494 e. The maximum Gasteiger partial charge on any atom is 0.416 e. The number of rotatable bonds is 10. The second-order valence-corrected chi connectivity index (χ2v) is 11.1. The summed E-state index contributed by atoms with van der Waals surface area (Å²) in [4.78, 5) is 41.4. The molecule has 0 aliphatic heterocycles. The van der Waals surface area contributed by atoms with Gasteiger partial charge in [0.05, 0.1) is 24.9 Å². The molecule has 0 spiro atoms. The molecule has 0 atom stereocenters. The summed E-state index contributed by atoms with van der Waals surface area (Å²) in [6.45, 7) is 6.13. The lowest BCUT2D eigenvalue weighted by atomic mass is 9.98. The highest BCUT2D eigenvalue weighted by molar-refractivity contribution is 5.42. The molecule has 2 aromatic carbocycles. The number of ether oxygens (including phenoxy) is 1.